The summed E-state index contributed by atoms with van der Waals surface area (Å²) in [6, 6.07) is 0.520. The fourth-order valence-corrected chi connectivity index (χ4v) is 3.44. The van der Waals surface area contributed by atoms with Gasteiger partial charge in [0, 0.05) is 33.2 Å². The molecule has 1 saturated carbocycles. The molecule has 0 atom stereocenters. The minimum atomic E-state index is 0.520. The fourth-order valence-electron chi connectivity index (χ4n) is 3.44. The van der Waals surface area contributed by atoms with Crippen molar-refractivity contribution in [3.63, 3.8) is 0 Å². The second kappa shape index (κ2) is 5.73. The first-order valence-electron chi connectivity index (χ1n) is 8.66. The van der Waals surface area contributed by atoms with Crippen LogP contribution in [0.25, 0.3) is 11.0 Å². The molecule has 1 aliphatic heterocycles. The number of rotatable bonds is 4. The normalized spacial score (nSPS) is 19.0. The lowest BCUT2D eigenvalue weighted by atomic mass is 10.2. The molecule has 10 heteroatoms. The molecule has 0 unspecified atom stereocenters. The second-order valence-electron chi connectivity index (χ2n) is 6.74. The molecule has 2 fully saturated rings. The number of hydrogen-bond donors (Lipinski definition) is 0. The van der Waals surface area contributed by atoms with Crippen LogP contribution in [0.4, 0.5) is 5.82 Å². The monoisotopic (exact) mass is 340 g/mol. The van der Waals surface area contributed by atoms with Gasteiger partial charge in [-0.1, -0.05) is 0 Å². The van der Waals surface area contributed by atoms with Gasteiger partial charge < -0.3 is 4.90 Å². The number of hydrogen-bond acceptors (Lipinski definition) is 8. The molecule has 1 saturated heterocycles. The summed E-state index contributed by atoms with van der Waals surface area (Å²) in [7, 11) is 1.90. The van der Waals surface area contributed by atoms with Crippen molar-refractivity contribution in [2.45, 2.75) is 25.4 Å². The minimum absolute atomic E-state index is 0.520. The summed E-state index contributed by atoms with van der Waals surface area (Å²) >= 11 is 0. The Morgan fingerprint density at radius 1 is 1.12 bits per heavy atom. The van der Waals surface area contributed by atoms with E-state index < -0.39 is 0 Å². The summed E-state index contributed by atoms with van der Waals surface area (Å²) in [5.41, 5.74) is 0.871. The van der Waals surface area contributed by atoms with Gasteiger partial charge in [-0.3, -0.25) is 9.58 Å². The average Bonchev–Trinajstić information content (AvgIpc) is 3.27. The quantitative estimate of drug-likeness (QED) is 0.655. The molecule has 0 spiro atoms. The largest absolute Gasteiger partial charge is 0.353 e. The lowest BCUT2D eigenvalue weighted by molar-refractivity contribution is 0.239. The molecule has 0 radical (unpaired) electrons. The van der Waals surface area contributed by atoms with Crippen molar-refractivity contribution in [2.75, 3.05) is 31.1 Å². The average molecular weight is 340 g/mol. The minimum Gasteiger partial charge on any atom is -0.353 e. The Hall–Kier alpha value is -2.62. The van der Waals surface area contributed by atoms with Crippen molar-refractivity contribution in [2.24, 2.45) is 7.05 Å². The molecule has 4 heterocycles. The van der Waals surface area contributed by atoms with Crippen molar-refractivity contribution < 1.29 is 0 Å². The molecule has 2 aliphatic rings. The van der Waals surface area contributed by atoms with Gasteiger partial charge in [-0.05, 0) is 23.3 Å². The molecule has 0 N–H and O–H groups in total. The Labute approximate surface area is 144 Å². The van der Waals surface area contributed by atoms with Crippen LogP contribution < -0.4 is 4.90 Å². The van der Waals surface area contributed by atoms with Crippen LogP contribution in [-0.4, -0.2) is 71.0 Å². The number of aromatic nitrogens is 8. The summed E-state index contributed by atoms with van der Waals surface area (Å²) in [5.74, 6) is 1.95. The van der Waals surface area contributed by atoms with Gasteiger partial charge in [-0.2, -0.15) is 5.10 Å². The van der Waals surface area contributed by atoms with E-state index in [2.05, 4.69) is 40.4 Å². The van der Waals surface area contributed by atoms with E-state index in [1.165, 1.54) is 12.8 Å². The maximum Gasteiger partial charge on any atom is 0.165 e. The zero-order valence-electron chi connectivity index (χ0n) is 14.2. The zero-order valence-corrected chi connectivity index (χ0v) is 14.2. The van der Waals surface area contributed by atoms with Crippen LogP contribution in [-0.2, 0) is 13.6 Å². The van der Waals surface area contributed by atoms with Crippen LogP contribution in [0.5, 0.6) is 0 Å². The lowest BCUT2D eigenvalue weighted by Gasteiger charge is -2.35. The van der Waals surface area contributed by atoms with Crippen LogP contribution in [0.2, 0.25) is 0 Å². The van der Waals surface area contributed by atoms with Gasteiger partial charge in [-0.25, -0.2) is 14.6 Å². The molecular weight excluding hydrogens is 320 g/mol. The highest BCUT2D eigenvalue weighted by atomic mass is 15.6. The van der Waals surface area contributed by atoms with Crippen molar-refractivity contribution in [3.8, 4) is 0 Å². The summed E-state index contributed by atoms with van der Waals surface area (Å²) in [6.07, 6.45) is 5.86. The van der Waals surface area contributed by atoms with Crippen LogP contribution in [0, 0.1) is 0 Å². The topological polar surface area (TPSA) is 93.7 Å². The number of anilines is 1. The van der Waals surface area contributed by atoms with Crippen molar-refractivity contribution in [3.05, 3.63) is 18.3 Å². The first-order valence-corrected chi connectivity index (χ1v) is 8.66. The number of fused-ring (bicyclic) bond motifs is 1. The van der Waals surface area contributed by atoms with Gasteiger partial charge in [0.05, 0.1) is 24.2 Å². The van der Waals surface area contributed by atoms with Crippen molar-refractivity contribution in [1.82, 2.24) is 44.9 Å². The molecule has 0 amide bonds. The van der Waals surface area contributed by atoms with Gasteiger partial charge >= 0.3 is 0 Å². The maximum absolute atomic E-state index is 4.50. The third-order valence-corrected chi connectivity index (χ3v) is 5.00. The molecule has 1 aliphatic carbocycles. The lowest BCUT2D eigenvalue weighted by Crippen LogP contribution is -2.46. The Balaban J connectivity index is 1.28. The van der Waals surface area contributed by atoms with E-state index in [0.717, 1.165) is 55.4 Å². The summed E-state index contributed by atoms with van der Waals surface area (Å²) < 4.78 is 3.78. The van der Waals surface area contributed by atoms with Crippen LogP contribution in [0.1, 0.15) is 24.7 Å². The van der Waals surface area contributed by atoms with Gasteiger partial charge in [0.15, 0.2) is 11.5 Å². The molecule has 25 heavy (non-hydrogen) atoms. The summed E-state index contributed by atoms with van der Waals surface area (Å²) in [6.45, 7) is 4.58. The first-order chi connectivity index (χ1) is 12.3. The molecule has 0 aromatic carbocycles. The van der Waals surface area contributed by atoms with Crippen molar-refractivity contribution in [1.29, 1.82) is 0 Å². The molecule has 3 aromatic rings. The molecular formula is C15H20N10. The standard InChI is InChI=1S/C15H20N10/c1-22-14-12(8-18-22)15(17-10-16-14)24-6-4-23(5-7-24)9-13-19-20-21-25(13)11-2-3-11/h8,10-11H,2-7,9H2,1H3. The van der Waals surface area contributed by atoms with Gasteiger partial charge in [0.2, 0.25) is 0 Å². The van der Waals surface area contributed by atoms with Gasteiger partial charge in [0.1, 0.15) is 12.1 Å². The molecule has 130 valence electrons. The first kappa shape index (κ1) is 14.7. The predicted octanol–water partition coefficient (Wildman–Crippen LogP) is 0.00690. The van der Waals surface area contributed by atoms with E-state index in [4.69, 9.17) is 0 Å². The van der Waals surface area contributed by atoms with E-state index in [1.807, 2.05) is 17.9 Å². The molecule has 5 rings (SSSR count). The van der Waals surface area contributed by atoms with Crippen molar-refractivity contribution >= 4 is 16.9 Å². The Kier molecular flexibility index (Phi) is 3.37. The van der Waals surface area contributed by atoms with Crippen LogP contribution in [0.15, 0.2) is 12.5 Å². The van der Waals surface area contributed by atoms with E-state index in [0.29, 0.717) is 6.04 Å². The Morgan fingerprint density at radius 3 is 2.76 bits per heavy atom. The molecule has 0 bridgehead atoms. The highest BCUT2D eigenvalue weighted by molar-refractivity contribution is 5.86. The van der Waals surface area contributed by atoms with E-state index >= 15 is 0 Å². The third-order valence-electron chi connectivity index (χ3n) is 5.00. The number of tetrazole rings is 1. The zero-order chi connectivity index (χ0) is 16.8. The van der Waals surface area contributed by atoms with E-state index in [-0.39, 0.29) is 0 Å². The summed E-state index contributed by atoms with van der Waals surface area (Å²) in [5, 5.41) is 17.5. The SMILES string of the molecule is Cn1ncc2c(N3CCN(Cc4nnnn4C4CC4)CC3)ncnc21. The van der Waals surface area contributed by atoms with E-state index in [1.54, 1.807) is 11.0 Å². The van der Waals surface area contributed by atoms with Crippen LogP contribution in [0.3, 0.4) is 0 Å². The number of nitrogens with zero attached hydrogens (tertiary/aromatic N) is 10. The highest BCUT2D eigenvalue weighted by Crippen LogP contribution is 2.34. The molecule has 3 aromatic heterocycles. The van der Waals surface area contributed by atoms with Gasteiger partial charge in [0.25, 0.3) is 0 Å². The highest BCUT2D eigenvalue weighted by Gasteiger charge is 2.29. The Morgan fingerprint density at radius 2 is 1.96 bits per heavy atom. The number of aryl methyl sites for hydroxylation is 1. The maximum atomic E-state index is 4.50. The number of piperazine rings is 1. The fraction of sp³-hybridized carbons (Fsp3) is 0.600. The Bertz CT molecular complexity index is 887. The second-order valence-corrected chi connectivity index (χ2v) is 6.74. The molecule has 10 nitrogen and oxygen atoms in total. The predicted molar refractivity (Wildman–Crippen MR) is 89.9 cm³/mol. The van der Waals surface area contributed by atoms with E-state index in [9.17, 15) is 0 Å². The smallest absolute Gasteiger partial charge is 0.165 e. The third kappa shape index (κ3) is 2.62. The van der Waals surface area contributed by atoms with Gasteiger partial charge in [-0.15, -0.1) is 5.10 Å². The van der Waals surface area contributed by atoms with Crippen LogP contribution >= 0.6 is 0 Å². The summed E-state index contributed by atoms with van der Waals surface area (Å²) in [4.78, 5) is 13.5.